The second-order valence-electron chi connectivity index (χ2n) is 5.13. The van der Waals surface area contributed by atoms with Crippen LogP contribution in [0.5, 0.6) is 11.5 Å². The molecule has 0 N–H and O–H groups in total. The molecule has 21 heavy (non-hydrogen) atoms. The average molecular weight is 293 g/mol. The molecule has 0 spiro atoms. The second kappa shape index (κ2) is 7.31. The van der Waals surface area contributed by atoms with E-state index in [1.165, 1.54) is 7.11 Å². The van der Waals surface area contributed by atoms with E-state index in [1.54, 1.807) is 14.2 Å². The maximum atomic E-state index is 11.3. The predicted molar refractivity (Wildman–Crippen MR) is 79.7 cm³/mol. The predicted octanol–water partition coefficient (Wildman–Crippen LogP) is 2.40. The van der Waals surface area contributed by atoms with Crippen molar-refractivity contribution in [2.75, 3.05) is 34.4 Å². The van der Waals surface area contributed by atoms with Crippen molar-refractivity contribution >= 4 is 5.97 Å². The Balaban J connectivity index is 2.16. The van der Waals surface area contributed by atoms with Crippen LogP contribution in [0, 0.1) is 0 Å². The Labute approximate surface area is 125 Å². The van der Waals surface area contributed by atoms with Gasteiger partial charge >= 0.3 is 5.97 Å². The van der Waals surface area contributed by atoms with E-state index >= 15 is 0 Å². The molecule has 1 aliphatic heterocycles. The smallest absolute Gasteiger partial charge is 0.306 e. The molecular formula is C16H23NO4. The number of methoxy groups -OCH3 is 3. The van der Waals surface area contributed by atoms with Gasteiger partial charge in [-0.1, -0.05) is 0 Å². The summed E-state index contributed by atoms with van der Waals surface area (Å²) < 4.78 is 15.5. The Bertz CT molecular complexity index is 489. The van der Waals surface area contributed by atoms with Gasteiger partial charge in [-0.05, 0) is 37.6 Å². The zero-order valence-electron chi connectivity index (χ0n) is 12.9. The molecule has 0 aliphatic carbocycles. The third kappa shape index (κ3) is 3.67. The Kier molecular flexibility index (Phi) is 5.44. The first-order chi connectivity index (χ1) is 10.2. The van der Waals surface area contributed by atoms with Crippen LogP contribution < -0.4 is 9.47 Å². The lowest BCUT2D eigenvalue weighted by molar-refractivity contribution is -0.141. The van der Waals surface area contributed by atoms with Crippen molar-refractivity contribution in [2.24, 2.45) is 0 Å². The van der Waals surface area contributed by atoms with Crippen molar-refractivity contribution in [1.82, 2.24) is 4.90 Å². The van der Waals surface area contributed by atoms with Gasteiger partial charge < -0.3 is 14.2 Å². The molecule has 0 bridgehead atoms. The highest BCUT2D eigenvalue weighted by Crippen LogP contribution is 2.38. The lowest BCUT2D eigenvalue weighted by Gasteiger charge is -2.26. The maximum Gasteiger partial charge on any atom is 0.306 e. The number of carbonyl (C=O) groups is 1. The molecule has 1 fully saturated rings. The van der Waals surface area contributed by atoms with Crippen molar-refractivity contribution in [3.63, 3.8) is 0 Å². The van der Waals surface area contributed by atoms with E-state index in [4.69, 9.17) is 14.2 Å². The summed E-state index contributed by atoms with van der Waals surface area (Å²) in [5.41, 5.74) is 1.12. The van der Waals surface area contributed by atoms with E-state index in [2.05, 4.69) is 4.90 Å². The first-order valence-corrected chi connectivity index (χ1v) is 7.22. The van der Waals surface area contributed by atoms with Crippen LogP contribution in [0.2, 0.25) is 0 Å². The monoisotopic (exact) mass is 293 g/mol. The number of carbonyl (C=O) groups excluding carboxylic acids is 1. The quantitative estimate of drug-likeness (QED) is 0.754. The van der Waals surface area contributed by atoms with Crippen molar-refractivity contribution in [2.45, 2.75) is 25.3 Å². The summed E-state index contributed by atoms with van der Waals surface area (Å²) in [4.78, 5) is 13.7. The number of likely N-dealkylation sites (tertiary alicyclic amines) is 1. The van der Waals surface area contributed by atoms with E-state index in [1.807, 2.05) is 18.2 Å². The number of ether oxygens (including phenoxy) is 3. The molecule has 1 aromatic carbocycles. The highest BCUT2D eigenvalue weighted by Gasteiger charge is 2.28. The van der Waals surface area contributed by atoms with Gasteiger partial charge in [0, 0.05) is 18.2 Å². The summed E-state index contributed by atoms with van der Waals surface area (Å²) in [6.45, 7) is 1.69. The largest absolute Gasteiger partial charge is 0.497 e. The lowest BCUT2D eigenvalue weighted by atomic mass is 10.0. The fourth-order valence-electron chi connectivity index (χ4n) is 2.88. The van der Waals surface area contributed by atoms with E-state index < -0.39 is 0 Å². The van der Waals surface area contributed by atoms with Gasteiger partial charge in [0.25, 0.3) is 0 Å². The highest BCUT2D eigenvalue weighted by molar-refractivity contribution is 5.69. The molecule has 116 valence electrons. The van der Waals surface area contributed by atoms with Crippen molar-refractivity contribution < 1.29 is 19.0 Å². The van der Waals surface area contributed by atoms with Crippen LogP contribution in [-0.2, 0) is 9.53 Å². The topological polar surface area (TPSA) is 48.0 Å². The van der Waals surface area contributed by atoms with E-state index in [0.717, 1.165) is 36.4 Å². The van der Waals surface area contributed by atoms with E-state index in [9.17, 15) is 4.79 Å². The molecule has 0 unspecified atom stereocenters. The molecule has 1 saturated heterocycles. The molecule has 1 atom stereocenters. The fraction of sp³-hybridized carbons (Fsp3) is 0.562. The van der Waals surface area contributed by atoms with Gasteiger partial charge in [0.2, 0.25) is 0 Å². The number of rotatable bonds is 6. The van der Waals surface area contributed by atoms with Crippen LogP contribution in [0.15, 0.2) is 18.2 Å². The molecule has 1 aliphatic rings. The minimum atomic E-state index is -0.168. The molecule has 5 heteroatoms. The van der Waals surface area contributed by atoms with Crippen LogP contribution in [-0.4, -0.2) is 45.3 Å². The van der Waals surface area contributed by atoms with Gasteiger partial charge in [0.05, 0.1) is 27.8 Å². The van der Waals surface area contributed by atoms with Gasteiger partial charge in [-0.25, -0.2) is 0 Å². The van der Waals surface area contributed by atoms with Crippen LogP contribution in [0.3, 0.4) is 0 Å². The van der Waals surface area contributed by atoms with Crippen molar-refractivity contribution in [3.05, 3.63) is 23.8 Å². The SMILES string of the molecule is COC(=O)CCN1CCC[C@H]1c1cc(OC)ccc1OC. The summed E-state index contributed by atoms with van der Waals surface area (Å²) in [5, 5.41) is 0. The van der Waals surface area contributed by atoms with Crippen LogP contribution in [0.4, 0.5) is 0 Å². The molecule has 1 aromatic rings. The maximum absolute atomic E-state index is 11.3. The molecule has 2 rings (SSSR count). The van der Waals surface area contributed by atoms with Crippen LogP contribution >= 0.6 is 0 Å². The summed E-state index contributed by atoms with van der Waals surface area (Å²) in [6, 6.07) is 6.13. The summed E-state index contributed by atoms with van der Waals surface area (Å²) >= 11 is 0. The molecule has 0 amide bonds. The highest BCUT2D eigenvalue weighted by atomic mass is 16.5. The van der Waals surface area contributed by atoms with Gasteiger partial charge in [-0.2, -0.15) is 0 Å². The number of hydrogen-bond acceptors (Lipinski definition) is 5. The Morgan fingerprint density at radius 1 is 1.29 bits per heavy atom. The first-order valence-electron chi connectivity index (χ1n) is 7.22. The third-order valence-corrected chi connectivity index (χ3v) is 3.99. The average Bonchev–Trinajstić information content (AvgIpc) is 3.00. The van der Waals surface area contributed by atoms with Crippen LogP contribution in [0.1, 0.15) is 30.9 Å². The fourth-order valence-corrected chi connectivity index (χ4v) is 2.88. The molecule has 0 saturated carbocycles. The first kappa shape index (κ1) is 15.6. The van der Waals surface area contributed by atoms with Crippen LogP contribution in [0.25, 0.3) is 0 Å². The number of hydrogen-bond donors (Lipinski definition) is 0. The van der Waals surface area contributed by atoms with Gasteiger partial charge in [0.15, 0.2) is 0 Å². The van der Waals surface area contributed by atoms with Gasteiger partial charge in [-0.3, -0.25) is 9.69 Å². The minimum absolute atomic E-state index is 0.168. The summed E-state index contributed by atoms with van der Waals surface area (Å²) in [5.74, 6) is 1.52. The zero-order valence-corrected chi connectivity index (χ0v) is 12.9. The Morgan fingerprint density at radius 3 is 2.76 bits per heavy atom. The third-order valence-electron chi connectivity index (χ3n) is 3.99. The molecule has 0 aromatic heterocycles. The number of esters is 1. The zero-order chi connectivity index (χ0) is 15.2. The molecule has 1 heterocycles. The summed E-state index contributed by atoms with van der Waals surface area (Å²) in [6.07, 6.45) is 2.59. The van der Waals surface area contributed by atoms with E-state index in [0.29, 0.717) is 13.0 Å². The number of nitrogens with zero attached hydrogens (tertiary/aromatic N) is 1. The number of benzene rings is 1. The van der Waals surface area contributed by atoms with Crippen molar-refractivity contribution in [1.29, 1.82) is 0 Å². The lowest BCUT2D eigenvalue weighted by Crippen LogP contribution is -2.26. The Hall–Kier alpha value is -1.75. The second-order valence-corrected chi connectivity index (χ2v) is 5.13. The standard InChI is InChI=1S/C16H23NO4/c1-19-12-6-7-15(20-2)13(11-12)14-5-4-9-17(14)10-8-16(18)21-3/h6-7,11,14H,4-5,8-10H2,1-3H3/t14-/m0/s1. The van der Waals surface area contributed by atoms with Gasteiger partial charge in [0.1, 0.15) is 11.5 Å². The van der Waals surface area contributed by atoms with Crippen molar-refractivity contribution in [3.8, 4) is 11.5 Å². The molecule has 5 nitrogen and oxygen atoms in total. The molecular weight excluding hydrogens is 270 g/mol. The normalized spacial score (nSPS) is 18.5. The van der Waals surface area contributed by atoms with E-state index in [-0.39, 0.29) is 12.0 Å². The summed E-state index contributed by atoms with van der Waals surface area (Å²) in [7, 11) is 4.77. The minimum Gasteiger partial charge on any atom is -0.497 e. The Morgan fingerprint density at radius 2 is 2.10 bits per heavy atom. The molecule has 0 radical (unpaired) electrons. The van der Waals surface area contributed by atoms with Gasteiger partial charge in [-0.15, -0.1) is 0 Å².